The van der Waals surface area contributed by atoms with Gasteiger partial charge in [-0.3, -0.25) is 4.98 Å². The second kappa shape index (κ2) is 6.28. The fourth-order valence-corrected chi connectivity index (χ4v) is 1.93. The van der Waals surface area contributed by atoms with E-state index in [-0.39, 0.29) is 11.4 Å². The van der Waals surface area contributed by atoms with Crippen LogP contribution in [-0.2, 0) is 0 Å². The fraction of sp³-hybridized carbons (Fsp3) is 0. The molecule has 0 radical (unpaired) electrons. The van der Waals surface area contributed by atoms with Gasteiger partial charge in [-0.25, -0.2) is 0 Å². The predicted molar refractivity (Wildman–Crippen MR) is 81.1 cm³/mol. The summed E-state index contributed by atoms with van der Waals surface area (Å²) in [6, 6.07) is 15.5. The van der Waals surface area contributed by atoms with E-state index in [0.29, 0.717) is 0 Å². The first kappa shape index (κ1) is 13.5. The van der Waals surface area contributed by atoms with Crippen molar-refractivity contribution in [3.8, 4) is 17.3 Å². The first-order valence-electron chi connectivity index (χ1n) is 6.49. The van der Waals surface area contributed by atoms with Gasteiger partial charge in [-0.2, -0.15) is 10.5 Å². The molecule has 22 heavy (non-hydrogen) atoms. The normalized spacial score (nSPS) is 11.0. The van der Waals surface area contributed by atoms with Gasteiger partial charge >= 0.3 is 0 Å². The maximum Gasteiger partial charge on any atom is 0.216 e. The summed E-state index contributed by atoms with van der Waals surface area (Å²) in [4.78, 5) is 4.34. The number of anilines is 1. The average Bonchev–Trinajstić information content (AvgIpc) is 3.11. The lowest BCUT2D eigenvalue weighted by Crippen LogP contribution is -1.95. The van der Waals surface area contributed by atoms with Gasteiger partial charge in [0.15, 0.2) is 0 Å². The molecule has 0 saturated carbocycles. The second-order valence-electron chi connectivity index (χ2n) is 4.31. The van der Waals surface area contributed by atoms with Crippen molar-refractivity contribution in [3.63, 3.8) is 0 Å². The van der Waals surface area contributed by atoms with Gasteiger partial charge in [-0.15, -0.1) is 10.2 Å². The van der Waals surface area contributed by atoms with E-state index in [1.807, 2.05) is 48.5 Å². The number of nitrogens with zero attached hydrogens (tertiary/aromatic N) is 5. The van der Waals surface area contributed by atoms with Gasteiger partial charge in [0, 0.05) is 23.6 Å². The molecule has 2 aromatic heterocycles. The summed E-state index contributed by atoms with van der Waals surface area (Å²) in [7, 11) is 0. The van der Waals surface area contributed by atoms with E-state index in [1.165, 1.54) is 0 Å². The summed E-state index contributed by atoms with van der Waals surface area (Å²) in [5, 5.41) is 25.6. The van der Waals surface area contributed by atoms with E-state index in [0.717, 1.165) is 16.9 Å². The number of tetrazole rings is 1. The molecular weight excluding hydrogens is 278 g/mol. The highest BCUT2D eigenvalue weighted by Gasteiger charge is 2.07. The Hall–Kier alpha value is -3.53. The van der Waals surface area contributed by atoms with Crippen LogP contribution in [0.4, 0.5) is 5.69 Å². The first-order valence-corrected chi connectivity index (χ1v) is 6.49. The zero-order valence-corrected chi connectivity index (χ0v) is 11.4. The topological polar surface area (TPSA) is 103 Å². The number of aromatic amines is 1. The zero-order chi connectivity index (χ0) is 15.2. The third-order valence-electron chi connectivity index (χ3n) is 2.95. The zero-order valence-electron chi connectivity index (χ0n) is 11.4. The Bertz CT molecular complexity index is 817. The number of hydrogen-bond donors (Lipinski definition) is 2. The van der Waals surface area contributed by atoms with Gasteiger partial charge in [0.05, 0.1) is 5.69 Å². The van der Waals surface area contributed by atoms with Crippen molar-refractivity contribution in [2.24, 2.45) is 0 Å². The van der Waals surface area contributed by atoms with E-state index < -0.39 is 0 Å². The van der Waals surface area contributed by atoms with Crippen molar-refractivity contribution in [1.29, 1.82) is 5.26 Å². The molecule has 3 aromatic rings. The summed E-state index contributed by atoms with van der Waals surface area (Å²) in [6.07, 6.45) is 3.29. The monoisotopic (exact) mass is 289 g/mol. The minimum atomic E-state index is 0.241. The average molecular weight is 289 g/mol. The number of para-hydroxylation sites is 1. The fourth-order valence-electron chi connectivity index (χ4n) is 1.93. The van der Waals surface area contributed by atoms with Crippen LogP contribution in [-0.4, -0.2) is 25.6 Å². The summed E-state index contributed by atoms with van der Waals surface area (Å²) < 4.78 is 0. The van der Waals surface area contributed by atoms with Crippen molar-refractivity contribution < 1.29 is 0 Å². The van der Waals surface area contributed by atoms with Gasteiger partial charge in [0.2, 0.25) is 5.82 Å². The van der Waals surface area contributed by atoms with Crippen LogP contribution in [0.3, 0.4) is 0 Å². The van der Waals surface area contributed by atoms with Gasteiger partial charge in [0.1, 0.15) is 11.6 Å². The number of nitriles is 1. The number of hydrogen-bond acceptors (Lipinski definition) is 6. The van der Waals surface area contributed by atoms with Gasteiger partial charge in [-0.1, -0.05) is 24.3 Å². The predicted octanol–water partition coefficient (Wildman–Crippen LogP) is 2.24. The maximum absolute atomic E-state index is 9.17. The van der Waals surface area contributed by atoms with Crippen molar-refractivity contribution in [3.05, 3.63) is 60.7 Å². The van der Waals surface area contributed by atoms with Gasteiger partial charge in [-0.05, 0) is 23.4 Å². The molecule has 106 valence electrons. The molecule has 0 aliphatic carbocycles. The van der Waals surface area contributed by atoms with Crippen LogP contribution in [0.25, 0.3) is 16.8 Å². The lowest BCUT2D eigenvalue weighted by molar-refractivity contribution is 0.881. The Labute approximate surface area is 126 Å². The summed E-state index contributed by atoms with van der Waals surface area (Å²) in [6.45, 7) is 0. The van der Waals surface area contributed by atoms with Crippen molar-refractivity contribution in [2.45, 2.75) is 0 Å². The molecule has 0 aliphatic heterocycles. The van der Waals surface area contributed by atoms with Crippen molar-refractivity contribution >= 4 is 11.3 Å². The van der Waals surface area contributed by atoms with E-state index >= 15 is 0 Å². The molecule has 0 saturated heterocycles. The Balaban J connectivity index is 1.92. The minimum Gasteiger partial charge on any atom is -0.360 e. The van der Waals surface area contributed by atoms with Crippen LogP contribution < -0.4 is 5.32 Å². The quantitative estimate of drug-likeness (QED) is 0.714. The van der Waals surface area contributed by atoms with E-state index in [9.17, 15) is 0 Å². The molecule has 0 atom stereocenters. The molecule has 0 unspecified atom stereocenters. The number of pyridine rings is 1. The molecule has 0 fully saturated rings. The lowest BCUT2D eigenvalue weighted by Gasteiger charge is -2.08. The van der Waals surface area contributed by atoms with E-state index in [2.05, 4.69) is 30.9 Å². The molecule has 0 aliphatic rings. The molecule has 2 heterocycles. The Morgan fingerprint density at radius 1 is 1.18 bits per heavy atom. The molecule has 0 amide bonds. The molecule has 0 spiro atoms. The molecule has 3 rings (SSSR count). The lowest BCUT2D eigenvalue weighted by atomic mass is 10.1. The van der Waals surface area contributed by atoms with Crippen LogP contribution in [0.15, 0.2) is 54.9 Å². The number of benzene rings is 1. The van der Waals surface area contributed by atoms with Crippen LogP contribution in [0.2, 0.25) is 0 Å². The van der Waals surface area contributed by atoms with Crippen LogP contribution in [0, 0.1) is 11.3 Å². The van der Waals surface area contributed by atoms with E-state index in [1.54, 1.807) is 12.4 Å². The largest absolute Gasteiger partial charge is 0.360 e. The van der Waals surface area contributed by atoms with E-state index in [4.69, 9.17) is 5.26 Å². The molecule has 7 nitrogen and oxygen atoms in total. The third kappa shape index (κ3) is 2.81. The molecule has 1 aromatic carbocycles. The number of aromatic nitrogens is 5. The Morgan fingerprint density at radius 3 is 2.77 bits per heavy atom. The summed E-state index contributed by atoms with van der Waals surface area (Å²) in [5.41, 5.74) is 2.89. The molecular formula is C15H11N7. The van der Waals surface area contributed by atoms with Crippen molar-refractivity contribution in [2.75, 3.05) is 5.32 Å². The standard InChI is InChI=1S/C15H11N7/c16-9-11(15-19-21-22-20-15)10-18-14-6-2-1-5-12(14)13-7-3-4-8-17-13/h1-8,10,18H,(H,19,20,21,22). The maximum atomic E-state index is 9.17. The summed E-state index contributed by atoms with van der Waals surface area (Å²) >= 11 is 0. The number of allylic oxidation sites excluding steroid dienone is 1. The molecule has 7 heteroatoms. The highest BCUT2D eigenvalue weighted by Crippen LogP contribution is 2.26. The first-order chi connectivity index (χ1) is 10.9. The number of nitrogens with one attached hydrogen (secondary N) is 2. The third-order valence-corrected chi connectivity index (χ3v) is 2.95. The van der Waals surface area contributed by atoms with Crippen LogP contribution >= 0.6 is 0 Å². The smallest absolute Gasteiger partial charge is 0.216 e. The Morgan fingerprint density at radius 2 is 2.05 bits per heavy atom. The van der Waals surface area contributed by atoms with Crippen LogP contribution in [0.5, 0.6) is 0 Å². The Kier molecular flexibility index (Phi) is 3.84. The number of rotatable bonds is 4. The van der Waals surface area contributed by atoms with Gasteiger partial charge in [0.25, 0.3) is 0 Å². The highest BCUT2D eigenvalue weighted by atomic mass is 15.5. The van der Waals surface area contributed by atoms with Crippen molar-refractivity contribution in [1.82, 2.24) is 25.6 Å². The number of H-pyrrole nitrogens is 1. The highest BCUT2D eigenvalue weighted by molar-refractivity contribution is 5.79. The van der Waals surface area contributed by atoms with Crippen LogP contribution in [0.1, 0.15) is 5.82 Å². The summed E-state index contributed by atoms with van der Waals surface area (Å²) in [5.74, 6) is 0.241. The molecule has 0 bridgehead atoms. The molecule has 2 N–H and O–H groups in total. The van der Waals surface area contributed by atoms with Gasteiger partial charge < -0.3 is 5.32 Å². The minimum absolute atomic E-state index is 0.241. The second-order valence-corrected chi connectivity index (χ2v) is 4.31. The SMILES string of the molecule is N#CC(=CNc1ccccc1-c1ccccn1)c1nn[nH]n1.